The summed E-state index contributed by atoms with van der Waals surface area (Å²) < 4.78 is 0. The van der Waals surface area contributed by atoms with Crippen LogP contribution in [0.5, 0.6) is 0 Å². The standard InChI is InChI=1S/C19H27N3O2/c1-15-4-5-18(12-16(15)2)22(9-3-8-20)19(24)13-21-10-6-17(14-23)7-11-21/h4-5,12,17,23H,3,6-7,9-11,13-14H2,1-2H3. The third kappa shape index (κ3) is 4.80. The number of aliphatic hydroxyl groups excluding tert-OH is 1. The van der Waals surface area contributed by atoms with E-state index in [-0.39, 0.29) is 12.5 Å². The van der Waals surface area contributed by atoms with Gasteiger partial charge in [0.2, 0.25) is 5.91 Å². The van der Waals surface area contributed by atoms with E-state index in [2.05, 4.69) is 11.0 Å². The van der Waals surface area contributed by atoms with Crippen LogP contribution in [0.4, 0.5) is 5.69 Å². The largest absolute Gasteiger partial charge is 0.396 e. The number of likely N-dealkylation sites (tertiary alicyclic amines) is 1. The highest BCUT2D eigenvalue weighted by molar-refractivity contribution is 5.95. The summed E-state index contributed by atoms with van der Waals surface area (Å²) in [6.07, 6.45) is 2.20. The van der Waals surface area contributed by atoms with Crippen molar-refractivity contribution in [3.05, 3.63) is 29.3 Å². The van der Waals surface area contributed by atoms with E-state index < -0.39 is 0 Å². The number of anilines is 1. The molecule has 0 unspecified atom stereocenters. The summed E-state index contributed by atoms with van der Waals surface area (Å²) in [4.78, 5) is 16.7. The Morgan fingerprint density at radius 1 is 1.33 bits per heavy atom. The van der Waals surface area contributed by atoms with Crippen LogP contribution >= 0.6 is 0 Å². The molecular formula is C19H27N3O2. The summed E-state index contributed by atoms with van der Waals surface area (Å²) in [6, 6.07) is 8.12. The molecule has 0 atom stereocenters. The SMILES string of the molecule is Cc1ccc(N(CCC#N)C(=O)CN2CCC(CO)CC2)cc1C. The van der Waals surface area contributed by atoms with Crippen LogP contribution in [0.3, 0.4) is 0 Å². The number of rotatable bonds is 6. The fourth-order valence-corrected chi connectivity index (χ4v) is 3.06. The first-order valence-electron chi connectivity index (χ1n) is 8.63. The van der Waals surface area contributed by atoms with Crippen molar-refractivity contribution in [1.29, 1.82) is 5.26 Å². The van der Waals surface area contributed by atoms with Crippen molar-refractivity contribution in [1.82, 2.24) is 4.90 Å². The van der Waals surface area contributed by atoms with E-state index in [9.17, 15) is 9.90 Å². The van der Waals surface area contributed by atoms with Crippen molar-refractivity contribution in [3.63, 3.8) is 0 Å². The van der Waals surface area contributed by atoms with Crippen LogP contribution in [0, 0.1) is 31.1 Å². The Bertz CT molecular complexity index is 601. The molecule has 5 heteroatoms. The van der Waals surface area contributed by atoms with E-state index in [0.717, 1.165) is 37.2 Å². The predicted molar refractivity (Wildman–Crippen MR) is 94.7 cm³/mol. The Morgan fingerprint density at radius 2 is 2.04 bits per heavy atom. The van der Waals surface area contributed by atoms with E-state index in [0.29, 0.717) is 25.4 Å². The third-order valence-corrected chi connectivity index (χ3v) is 4.87. The van der Waals surface area contributed by atoms with Gasteiger partial charge in [-0.2, -0.15) is 5.26 Å². The van der Waals surface area contributed by atoms with E-state index in [1.807, 2.05) is 32.0 Å². The first kappa shape index (κ1) is 18.4. The van der Waals surface area contributed by atoms with E-state index in [1.165, 1.54) is 5.56 Å². The minimum Gasteiger partial charge on any atom is -0.396 e. The molecule has 130 valence electrons. The maximum atomic E-state index is 12.8. The number of carbonyl (C=O) groups excluding carboxylic acids is 1. The van der Waals surface area contributed by atoms with Gasteiger partial charge in [-0.1, -0.05) is 6.07 Å². The van der Waals surface area contributed by atoms with Gasteiger partial charge in [0.25, 0.3) is 0 Å². The molecule has 1 heterocycles. The molecule has 1 aromatic rings. The van der Waals surface area contributed by atoms with E-state index >= 15 is 0 Å². The number of aryl methyl sites for hydroxylation is 2. The van der Waals surface area contributed by atoms with Gasteiger partial charge in [-0.25, -0.2) is 0 Å². The number of hydrogen-bond acceptors (Lipinski definition) is 4. The summed E-state index contributed by atoms with van der Waals surface area (Å²) in [5.74, 6) is 0.404. The van der Waals surface area contributed by atoms with Gasteiger partial charge in [0.15, 0.2) is 0 Å². The second kappa shape index (κ2) is 8.81. The van der Waals surface area contributed by atoms with Crippen LogP contribution in [-0.4, -0.2) is 48.7 Å². The van der Waals surface area contributed by atoms with Crippen LogP contribution in [0.1, 0.15) is 30.4 Å². The van der Waals surface area contributed by atoms with Gasteiger partial charge in [0.05, 0.1) is 19.0 Å². The van der Waals surface area contributed by atoms with Crippen molar-refractivity contribution >= 4 is 11.6 Å². The minimum atomic E-state index is 0.0379. The monoisotopic (exact) mass is 329 g/mol. The molecule has 0 aromatic heterocycles. The molecule has 1 amide bonds. The molecule has 5 nitrogen and oxygen atoms in total. The average molecular weight is 329 g/mol. The number of hydrogen-bond donors (Lipinski definition) is 1. The molecule has 1 fully saturated rings. The quantitative estimate of drug-likeness (QED) is 0.869. The predicted octanol–water partition coefficient (Wildman–Crippen LogP) is 2.25. The summed E-state index contributed by atoms with van der Waals surface area (Å²) in [5.41, 5.74) is 3.20. The highest BCUT2D eigenvalue weighted by Crippen LogP contribution is 2.21. The number of nitrogens with zero attached hydrogens (tertiary/aromatic N) is 3. The minimum absolute atomic E-state index is 0.0379. The first-order valence-corrected chi connectivity index (χ1v) is 8.63. The normalized spacial score (nSPS) is 15.9. The number of benzene rings is 1. The molecule has 24 heavy (non-hydrogen) atoms. The molecule has 1 saturated heterocycles. The lowest BCUT2D eigenvalue weighted by atomic mass is 9.98. The second-order valence-electron chi connectivity index (χ2n) is 6.62. The fourth-order valence-electron chi connectivity index (χ4n) is 3.06. The Labute approximate surface area is 144 Å². The molecule has 1 aromatic carbocycles. The van der Waals surface area contributed by atoms with Gasteiger partial charge in [-0.3, -0.25) is 9.69 Å². The highest BCUT2D eigenvalue weighted by atomic mass is 16.3. The smallest absolute Gasteiger partial charge is 0.241 e. The van der Waals surface area contributed by atoms with Gasteiger partial charge in [-0.15, -0.1) is 0 Å². The second-order valence-corrected chi connectivity index (χ2v) is 6.62. The summed E-state index contributed by atoms with van der Waals surface area (Å²) >= 11 is 0. The van der Waals surface area contributed by atoms with E-state index in [4.69, 9.17) is 5.26 Å². The maximum Gasteiger partial charge on any atom is 0.241 e. The average Bonchev–Trinajstić information content (AvgIpc) is 2.59. The number of carbonyl (C=O) groups is 1. The molecular weight excluding hydrogens is 302 g/mol. The Kier molecular flexibility index (Phi) is 6.77. The van der Waals surface area contributed by atoms with Gasteiger partial charge in [0.1, 0.15) is 0 Å². The van der Waals surface area contributed by atoms with Gasteiger partial charge in [-0.05, 0) is 69.0 Å². The first-order chi connectivity index (χ1) is 11.5. The summed E-state index contributed by atoms with van der Waals surface area (Å²) in [5, 5.41) is 18.1. The number of piperidine rings is 1. The fraction of sp³-hybridized carbons (Fsp3) is 0.579. The molecule has 2 rings (SSSR count). The molecule has 0 saturated carbocycles. The van der Waals surface area contributed by atoms with Crippen LogP contribution in [0.2, 0.25) is 0 Å². The van der Waals surface area contributed by atoms with Crippen molar-refractivity contribution in [2.45, 2.75) is 33.1 Å². The van der Waals surface area contributed by atoms with Crippen LogP contribution in [0.15, 0.2) is 18.2 Å². The molecule has 1 aliphatic rings. The van der Waals surface area contributed by atoms with Crippen LogP contribution in [0.25, 0.3) is 0 Å². The van der Waals surface area contributed by atoms with Crippen molar-refractivity contribution in [2.75, 3.05) is 37.7 Å². The number of amides is 1. The lowest BCUT2D eigenvalue weighted by Gasteiger charge is -2.32. The van der Waals surface area contributed by atoms with Gasteiger partial charge < -0.3 is 10.0 Å². The summed E-state index contributed by atoms with van der Waals surface area (Å²) in [7, 11) is 0. The molecule has 0 radical (unpaired) electrons. The van der Waals surface area contributed by atoms with Crippen LogP contribution < -0.4 is 4.90 Å². The van der Waals surface area contributed by atoms with Gasteiger partial charge in [0, 0.05) is 18.8 Å². The Balaban J connectivity index is 2.05. The molecule has 0 spiro atoms. The number of aliphatic hydroxyl groups is 1. The molecule has 1 N–H and O–H groups in total. The van der Waals surface area contributed by atoms with Crippen molar-refractivity contribution in [3.8, 4) is 6.07 Å². The Hall–Kier alpha value is -1.90. The van der Waals surface area contributed by atoms with Crippen molar-refractivity contribution in [2.24, 2.45) is 5.92 Å². The third-order valence-electron chi connectivity index (χ3n) is 4.87. The Morgan fingerprint density at radius 3 is 2.62 bits per heavy atom. The number of nitriles is 1. The highest BCUT2D eigenvalue weighted by Gasteiger charge is 2.23. The topological polar surface area (TPSA) is 67.6 Å². The van der Waals surface area contributed by atoms with Crippen molar-refractivity contribution < 1.29 is 9.90 Å². The lowest BCUT2D eigenvalue weighted by Crippen LogP contribution is -2.44. The summed E-state index contributed by atoms with van der Waals surface area (Å²) in [6.45, 7) is 6.80. The van der Waals surface area contributed by atoms with E-state index in [1.54, 1.807) is 4.90 Å². The molecule has 0 bridgehead atoms. The zero-order valence-corrected chi connectivity index (χ0v) is 14.7. The lowest BCUT2D eigenvalue weighted by molar-refractivity contribution is -0.120. The molecule has 0 aliphatic carbocycles. The zero-order chi connectivity index (χ0) is 17.5. The molecule has 1 aliphatic heterocycles. The van der Waals surface area contributed by atoms with Crippen LogP contribution in [-0.2, 0) is 4.79 Å². The zero-order valence-electron chi connectivity index (χ0n) is 14.7. The van der Waals surface area contributed by atoms with Gasteiger partial charge >= 0.3 is 0 Å². The maximum absolute atomic E-state index is 12.8.